The van der Waals surface area contributed by atoms with E-state index in [4.69, 9.17) is 0 Å². The van der Waals surface area contributed by atoms with Crippen molar-refractivity contribution in [2.45, 2.75) is 20.4 Å². The van der Waals surface area contributed by atoms with E-state index in [1.807, 2.05) is 25.1 Å². The van der Waals surface area contributed by atoms with Crippen LogP contribution >= 0.6 is 0 Å². The quantitative estimate of drug-likeness (QED) is 0.568. The van der Waals surface area contributed by atoms with E-state index in [1.165, 1.54) is 6.07 Å². The second-order valence-electron chi connectivity index (χ2n) is 5.27. The van der Waals surface area contributed by atoms with Crippen LogP contribution in [0.1, 0.15) is 17.0 Å². The number of aromatic nitrogens is 2. The first-order valence-corrected chi connectivity index (χ1v) is 6.98. The van der Waals surface area contributed by atoms with E-state index in [0.717, 1.165) is 28.1 Å². The van der Waals surface area contributed by atoms with E-state index in [1.54, 1.807) is 19.1 Å². The van der Waals surface area contributed by atoms with Crippen LogP contribution in [0.3, 0.4) is 0 Å². The smallest absolute Gasteiger partial charge is 0.272 e. The van der Waals surface area contributed by atoms with Crippen molar-refractivity contribution in [3.05, 3.63) is 63.5 Å². The Morgan fingerprint density at radius 1 is 1.23 bits per heavy atom. The molecule has 0 spiro atoms. The van der Waals surface area contributed by atoms with Crippen molar-refractivity contribution < 1.29 is 4.92 Å². The highest BCUT2D eigenvalue weighted by molar-refractivity contribution is 5.78. The number of para-hydroxylation sites is 1. The summed E-state index contributed by atoms with van der Waals surface area (Å²) in [6.07, 6.45) is 0. The molecule has 0 unspecified atom stereocenters. The summed E-state index contributed by atoms with van der Waals surface area (Å²) >= 11 is 0. The van der Waals surface area contributed by atoms with E-state index in [2.05, 4.69) is 15.3 Å². The number of nitro benzene ring substituents is 1. The van der Waals surface area contributed by atoms with Gasteiger partial charge in [-0.2, -0.15) is 0 Å². The predicted octanol–water partition coefficient (Wildman–Crippen LogP) is 3.70. The summed E-state index contributed by atoms with van der Waals surface area (Å²) in [6, 6.07) is 11.0. The fraction of sp³-hybridized carbons (Fsp3) is 0.188. The number of H-pyrrole nitrogens is 1. The summed E-state index contributed by atoms with van der Waals surface area (Å²) in [5, 5.41) is 14.0. The second-order valence-corrected chi connectivity index (χ2v) is 5.27. The topological polar surface area (TPSA) is 83.8 Å². The van der Waals surface area contributed by atoms with Gasteiger partial charge in [0.05, 0.1) is 22.5 Å². The lowest BCUT2D eigenvalue weighted by Gasteiger charge is -2.05. The highest BCUT2D eigenvalue weighted by Gasteiger charge is 2.10. The fourth-order valence-electron chi connectivity index (χ4n) is 2.47. The maximum absolute atomic E-state index is 10.8. The van der Waals surface area contributed by atoms with Crippen LogP contribution < -0.4 is 5.32 Å². The number of anilines is 1. The van der Waals surface area contributed by atoms with E-state index >= 15 is 0 Å². The van der Waals surface area contributed by atoms with Crippen molar-refractivity contribution in [2.75, 3.05) is 5.32 Å². The molecule has 2 aromatic carbocycles. The lowest BCUT2D eigenvalue weighted by Crippen LogP contribution is -2.02. The predicted molar refractivity (Wildman–Crippen MR) is 86.0 cm³/mol. The third-order valence-electron chi connectivity index (χ3n) is 3.62. The monoisotopic (exact) mass is 296 g/mol. The van der Waals surface area contributed by atoms with Gasteiger partial charge in [0.2, 0.25) is 0 Å². The maximum Gasteiger partial charge on any atom is 0.272 e. The number of imidazole rings is 1. The summed E-state index contributed by atoms with van der Waals surface area (Å²) < 4.78 is 0. The van der Waals surface area contributed by atoms with Crippen molar-refractivity contribution in [3.8, 4) is 0 Å². The Kier molecular flexibility index (Phi) is 3.50. The van der Waals surface area contributed by atoms with Crippen LogP contribution in [0.4, 0.5) is 11.4 Å². The molecule has 1 aromatic heterocycles. The molecule has 6 nitrogen and oxygen atoms in total. The first-order valence-electron chi connectivity index (χ1n) is 6.98. The zero-order chi connectivity index (χ0) is 15.7. The molecule has 0 atom stereocenters. The van der Waals surface area contributed by atoms with E-state index in [9.17, 15) is 10.1 Å². The van der Waals surface area contributed by atoms with Crippen molar-refractivity contribution in [1.82, 2.24) is 9.97 Å². The molecule has 3 rings (SSSR count). The maximum atomic E-state index is 10.8. The largest absolute Gasteiger partial charge is 0.378 e. The average Bonchev–Trinajstić information content (AvgIpc) is 2.89. The molecule has 2 N–H and O–H groups in total. The zero-order valence-electron chi connectivity index (χ0n) is 12.4. The molecule has 0 bridgehead atoms. The molecule has 0 aliphatic rings. The molecule has 0 aliphatic carbocycles. The molecule has 112 valence electrons. The van der Waals surface area contributed by atoms with Gasteiger partial charge < -0.3 is 10.3 Å². The van der Waals surface area contributed by atoms with Gasteiger partial charge in [-0.05, 0) is 37.6 Å². The fourth-order valence-corrected chi connectivity index (χ4v) is 2.47. The second kappa shape index (κ2) is 5.48. The van der Waals surface area contributed by atoms with Crippen LogP contribution in [-0.4, -0.2) is 14.9 Å². The summed E-state index contributed by atoms with van der Waals surface area (Å²) in [7, 11) is 0. The molecule has 3 aromatic rings. The number of benzene rings is 2. The number of nitro groups is 1. The SMILES string of the molecule is Cc1cc(NCc2nc3c(C)cccc3[nH]2)ccc1[N+](=O)[O-]. The zero-order valence-corrected chi connectivity index (χ0v) is 12.4. The van der Waals surface area contributed by atoms with Crippen LogP contribution in [0, 0.1) is 24.0 Å². The molecule has 1 heterocycles. The first-order chi connectivity index (χ1) is 10.5. The number of fused-ring (bicyclic) bond motifs is 1. The van der Waals surface area contributed by atoms with E-state index in [-0.39, 0.29) is 10.6 Å². The van der Waals surface area contributed by atoms with Crippen LogP contribution in [0.15, 0.2) is 36.4 Å². The minimum Gasteiger partial charge on any atom is -0.378 e. The minimum absolute atomic E-state index is 0.130. The highest BCUT2D eigenvalue weighted by Crippen LogP contribution is 2.22. The Bertz CT molecular complexity index is 854. The van der Waals surface area contributed by atoms with Crippen LogP contribution in [-0.2, 0) is 6.54 Å². The number of nitrogens with zero attached hydrogens (tertiary/aromatic N) is 2. The Morgan fingerprint density at radius 2 is 2.05 bits per heavy atom. The van der Waals surface area contributed by atoms with Crippen molar-refractivity contribution in [2.24, 2.45) is 0 Å². The standard InChI is InChI=1S/C16H16N4O2/c1-10-4-3-5-13-16(10)19-15(18-13)9-17-12-6-7-14(20(21)22)11(2)8-12/h3-8,17H,9H2,1-2H3,(H,18,19). The normalized spacial score (nSPS) is 10.8. The molecule has 0 amide bonds. The Balaban J connectivity index is 1.78. The summed E-state index contributed by atoms with van der Waals surface area (Å²) in [5.74, 6) is 0.834. The van der Waals surface area contributed by atoms with Gasteiger partial charge in [-0.3, -0.25) is 10.1 Å². The van der Waals surface area contributed by atoms with Crippen LogP contribution in [0.5, 0.6) is 0 Å². The van der Waals surface area contributed by atoms with Gasteiger partial charge in [-0.15, -0.1) is 0 Å². The molecule has 0 saturated carbocycles. The molecule has 0 aliphatic heterocycles. The summed E-state index contributed by atoms with van der Waals surface area (Å²) in [4.78, 5) is 18.3. The molecule has 0 fully saturated rings. The van der Waals surface area contributed by atoms with Gasteiger partial charge in [0.25, 0.3) is 5.69 Å². The van der Waals surface area contributed by atoms with E-state index in [0.29, 0.717) is 12.1 Å². The van der Waals surface area contributed by atoms with Gasteiger partial charge in [0, 0.05) is 17.3 Å². The third-order valence-corrected chi connectivity index (χ3v) is 3.62. The van der Waals surface area contributed by atoms with Gasteiger partial charge in [0.1, 0.15) is 5.82 Å². The number of aromatic amines is 1. The molecular weight excluding hydrogens is 280 g/mol. The number of hydrogen-bond donors (Lipinski definition) is 2. The lowest BCUT2D eigenvalue weighted by molar-refractivity contribution is -0.385. The first kappa shape index (κ1) is 14.1. The average molecular weight is 296 g/mol. The molecular formula is C16H16N4O2. The highest BCUT2D eigenvalue weighted by atomic mass is 16.6. The van der Waals surface area contributed by atoms with Crippen molar-refractivity contribution >= 4 is 22.4 Å². The number of nitrogens with one attached hydrogen (secondary N) is 2. The number of aryl methyl sites for hydroxylation is 2. The van der Waals surface area contributed by atoms with Crippen LogP contribution in [0.25, 0.3) is 11.0 Å². The number of rotatable bonds is 4. The summed E-state index contributed by atoms with van der Waals surface area (Å²) in [6.45, 7) is 4.29. The van der Waals surface area contributed by atoms with Crippen LogP contribution in [0.2, 0.25) is 0 Å². The molecule has 0 saturated heterocycles. The third kappa shape index (κ3) is 2.63. The van der Waals surface area contributed by atoms with E-state index < -0.39 is 0 Å². The number of hydrogen-bond acceptors (Lipinski definition) is 4. The summed E-state index contributed by atoms with van der Waals surface area (Å²) in [5.41, 5.74) is 4.71. The Morgan fingerprint density at radius 3 is 2.73 bits per heavy atom. The van der Waals surface area contributed by atoms with Crippen molar-refractivity contribution in [1.29, 1.82) is 0 Å². The Labute approximate surface area is 127 Å². The lowest BCUT2D eigenvalue weighted by atomic mass is 10.2. The molecule has 6 heteroatoms. The Hall–Kier alpha value is -2.89. The minimum atomic E-state index is -0.374. The van der Waals surface area contributed by atoms with Gasteiger partial charge >= 0.3 is 0 Å². The van der Waals surface area contributed by atoms with Crippen molar-refractivity contribution in [3.63, 3.8) is 0 Å². The van der Waals surface area contributed by atoms with Gasteiger partial charge in [0.15, 0.2) is 0 Å². The van der Waals surface area contributed by atoms with Gasteiger partial charge in [-0.25, -0.2) is 4.98 Å². The molecule has 0 radical (unpaired) electrons. The van der Waals surface area contributed by atoms with Gasteiger partial charge in [-0.1, -0.05) is 12.1 Å². The molecule has 22 heavy (non-hydrogen) atoms.